The molecule has 0 radical (unpaired) electrons. The third kappa shape index (κ3) is 2.53. The molecule has 0 heterocycles. The molecule has 0 spiro atoms. The van der Waals surface area contributed by atoms with Crippen LogP contribution < -0.4 is 5.73 Å². The van der Waals surface area contributed by atoms with Crippen molar-refractivity contribution < 1.29 is 5.11 Å². The highest BCUT2D eigenvalue weighted by molar-refractivity contribution is 5.28. The Morgan fingerprint density at radius 3 is 2.00 bits per heavy atom. The first-order valence-corrected chi connectivity index (χ1v) is 6.60. The predicted octanol–water partition coefficient (Wildman–Crippen LogP) is 3.11. The Hall–Kier alpha value is -0.860. The highest BCUT2D eigenvalue weighted by Gasteiger charge is 2.37. The van der Waals surface area contributed by atoms with Gasteiger partial charge in [0.25, 0.3) is 0 Å². The summed E-state index contributed by atoms with van der Waals surface area (Å²) in [6, 6.07) is 8.24. The van der Waals surface area contributed by atoms with E-state index in [-0.39, 0.29) is 0 Å². The van der Waals surface area contributed by atoms with Crippen LogP contribution in [-0.2, 0) is 0 Å². The quantitative estimate of drug-likeness (QED) is 0.842. The number of nitrogens with two attached hydrogens (primary N) is 1. The molecule has 1 aromatic rings. The van der Waals surface area contributed by atoms with Crippen molar-refractivity contribution in [1.29, 1.82) is 0 Å². The van der Waals surface area contributed by atoms with E-state index in [1.807, 2.05) is 12.1 Å². The lowest BCUT2D eigenvalue weighted by Gasteiger charge is -2.30. The second kappa shape index (κ2) is 4.79. The fraction of sp³-hybridized carbons (Fsp3) is 0.600. The second-order valence-electron chi connectivity index (χ2n) is 5.66. The SMILES string of the molecule is CC(C)c1ccc(C(O)C2(N)CCCC2)cc1. The molecule has 0 aliphatic heterocycles. The van der Waals surface area contributed by atoms with Crippen molar-refractivity contribution in [2.24, 2.45) is 5.73 Å². The molecule has 1 aromatic carbocycles. The van der Waals surface area contributed by atoms with Gasteiger partial charge in [0.05, 0.1) is 6.10 Å². The van der Waals surface area contributed by atoms with Gasteiger partial charge in [-0.05, 0) is 29.9 Å². The minimum Gasteiger partial charge on any atom is -0.386 e. The van der Waals surface area contributed by atoms with Crippen molar-refractivity contribution in [2.75, 3.05) is 0 Å². The zero-order valence-corrected chi connectivity index (χ0v) is 10.8. The van der Waals surface area contributed by atoms with E-state index in [4.69, 9.17) is 5.73 Å². The van der Waals surface area contributed by atoms with Crippen molar-refractivity contribution in [3.63, 3.8) is 0 Å². The number of hydrogen-bond donors (Lipinski definition) is 2. The van der Waals surface area contributed by atoms with Gasteiger partial charge in [0.2, 0.25) is 0 Å². The summed E-state index contributed by atoms with van der Waals surface area (Å²) in [5, 5.41) is 10.4. The molecule has 1 aliphatic rings. The van der Waals surface area contributed by atoms with E-state index in [2.05, 4.69) is 26.0 Å². The van der Waals surface area contributed by atoms with Gasteiger partial charge < -0.3 is 10.8 Å². The van der Waals surface area contributed by atoms with Crippen LogP contribution in [0, 0.1) is 0 Å². The molecule has 1 fully saturated rings. The van der Waals surface area contributed by atoms with Crippen molar-refractivity contribution in [1.82, 2.24) is 0 Å². The highest BCUT2D eigenvalue weighted by Crippen LogP contribution is 2.37. The van der Waals surface area contributed by atoms with Crippen LogP contribution in [0.4, 0.5) is 0 Å². The number of aliphatic hydroxyl groups is 1. The predicted molar refractivity (Wildman–Crippen MR) is 70.9 cm³/mol. The Balaban J connectivity index is 2.16. The van der Waals surface area contributed by atoms with Crippen LogP contribution >= 0.6 is 0 Å². The average Bonchev–Trinajstić information content (AvgIpc) is 2.76. The first-order valence-electron chi connectivity index (χ1n) is 6.60. The minimum atomic E-state index is -0.522. The maximum Gasteiger partial charge on any atom is 0.0969 e. The summed E-state index contributed by atoms with van der Waals surface area (Å²) in [6.07, 6.45) is 3.61. The molecule has 0 aromatic heterocycles. The van der Waals surface area contributed by atoms with Crippen molar-refractivity contribution in [3.05, 3.63) is 35.4 Å². The van der Waals surface area contributed by atoms with Crippen LogP contribution in [-0.4, -0.2) is 10.6 Å². The fourth-order valence-corrected chi connectivity index (χ4v) is 2.70. The third-order valence-electron chi connectivity index (χ3n) is 4.00. The molecule has 0 bridgehead atoms. The maximum absolute atomic E-state index is 10.4. The van der Waals surface area contributed by atoms with E-state index in [1.165, 1.54) is 5.56 Å². The topological polar surface area (TPSA) is 46.2 Å². The van der Waals surface area contributed by atoms with Crippen LogP contribution in [0.2, 0.25) is 0 Å². The van der Waals surface area contributed by atoms with Gasteiger partial charge in [-0.25, -0.2) is 0 Å². The van der Waals surface area contributed by atoms with Gasteiger partial charge >= 0.3 is 0 Å². The summed E-state index contributed by atoms with van der Waals surface area (Å²) >= 11 is 0. The maximum atomic E-state index is 10.4. The molecule has 1 aliphatic carbocycles. The van der Waals surface area contributed by atoms with Gasteiger partial charge in [-0.15, -0.1) is 0 Å². The number of aliphatic hydroxyl groups excluding tert-OH is 1. The molecule has 2 nitrogen and oxygen atoms in total. The zero-order valence-electron chi connectivity index (χ0n) is 10.8. The van der Waals surface area contributed by atoms with Crippen LogP contribution in [0.5, 0.6) is 0 Å². The Bertz CT molecular complexity index is 363. The standard InChI is InChI=1S/C15H23NO/c1-11(2)12-5-7-13(8-6-12)14(17)15(16)9-3-4-10-15/h5-8,11,14,17H,3-4,9-10,16H2,1-2H3. The van der Waals surface area contributed by atoms with E-state index < -0.39 is 11.6 Å². The van der Waals surface area contributed by atoms with Gasteiger partial charge in [0, 0.05) is 5.54 Å². The smallest absolute Gasteiger partial charge is 0.0969 e. The van der Waals surface area contributed by atoms with Crippen molar-refractivity contribution in [2.45, 2.75) is 57.1 Å². The first kappa shape index (κ1) is 12.6. The summed E-state index contributed by atoms with van der Waals surface area (Å²) in [5.74, 6) is 0.527. The molecule has 17 heavy (non-hydrogen) atoms. The summed E-state index contributed by atoms with van der Waals surface area (Å²) < 4.78 is 0. The van der Waals surface area contributed by atoms with E-state index in [0.29, 0.717) is 5.92 Å². The van der Waals surface area contributed by atoms with E-state index >= 15 is 0 Å². The van der Waals surface area contributed by atoms with Gasteiger partial charge in [-0.3, -0.25) is 0 Å². The molecule has 1 atom stereocenters. The monoisotopic (exact) mass is 233 g/mol. The Morgan fingerprint density at radius 2 is 1.53 bits per heavy atom. The third-order valence-corrected chi connectivity index (χ3v) is 4.00. The molecular weight excluding hydrogens is 210 g/mol. The molecular formula is C15H23NO. The molecule has 0 amide bonds. The lowest BCUT2D eigenvalue weighted by Crippen LogP contribution is -2.42. The van der Waals surface area contributed by atoms with E-state index in [9.17, 15) is 5.11 Å². The summed E-state index contributed by atoms with van der Waals surface area (Å²) in [6.45, 7) is 4.35. The molecule has 94 valence electrons. The Morgan fingerprint density at radius 1 is 1.06 bits per heavy atom. The molecule has 2 rings (SSSR count). The normalized spacial score (nSPS) is 20.8. The molecule has 1 saturated carbocycles. The van der Waals surface area contributed by atoms with Gasteiger partial charge in [-0.1, -0.05) is 51.0 Å². The van der Waals surface area contributed by atoms with E-state index in [0.717, 1.165) is 31.2 Å². The Labute approximate surface area is 104 Å². The fourth-order valence-electron chi connectivity index (χ4n) is 2.70. The van der Waals surface area contributed by atoms with Gasteiger partial charge in [-0.2, -0.15) is 0 Å². The lowest BCUT2D eigenvalue weighted by molar-refractivity contribution is 0.0871. The molecule has 3 N–H and O–H groups in total. The number of hydrogen-bond acceptors (Lipinski definition) is 2. The largest absolute Gasteiger partial charge is 0.386 e. The van der Waals surface area contributed by atoms with Gasteiger partial charge in [0.1, 0.15) is 0 Å². The average molecular weight is 233 g/mol. The Kier molecular flexibility index (Phi) is 3.55. The van der Waals surface area contributed by atoms with Gasteiger partial charge in [0.15, 0.2) is 0 Å². The summed E-state index contributed by atoms with van der Waals surface area (Å²) in [7, 11) is 0. The molecule has 0 saturated heterocycles. The van der Waals surface area contributed by atoms with Crippen molar-refractivity contribution >= 4 is 0 Å². The molecule has 1 unspecified atom stereocenters. The van der Waals surface area contributed by atoms with E-state index in [1.54, 1.807) is 0 Å². The summed E-state index contributed by atoms with van der Waals surface area (Å²) in [5.41, 5.74) is 8.14. The lowest BCUT2D eigenvalue weighted by atomic mass is 9.86. The van der Waals surface area contributed by atoms with Crippen LogP contribution in [0.3, 0.4) is 0 Å². The second-order valence-corrected chi connectivity index (χ2v) is 5.66. The first-order chi connectivity index (χ1) is 8.03. The number of rotatable bonds is 3. The molecule has 2 heteroatoms. The van der Waals surface area contributed by atoms with Crippen LogP contribution in [0.25, 0.3) is 0 Å². The minimum absolute atomic E-state index is 0.403. The van der Waals surface area contributed by atoms with Crippen LogP contribution in [0.1, 0.15) is 62.7 Å². The number of benzene rings is 1. The highest BCUT2D eigenvalue weighted by atomic mass is 16.3. The van der Waals surface area contributed by atoms with Crippen LogP contribution in [0.15, 0.2) is 24.3 Å². The van der Waals surface area contributed by atoms with Crippen molar-refractivity contribution in [3.8, 4) is 0 Å². The zero-order chi connectivity index (χ0) is 12.5. The summed E-state index contributed by atoms with van der Waals surface area (Å²) in [4.78, 5) is 0.